The Morgan fingerprint density at radius 2 is 2.00 bits per heavy atom. The molecule has 0 aliphatic carbocycles. The third-order valence-electron chi connectivity index (χ3n) is 4.50. The highest BCUT2D eigenvalue weighted by molar-refractivity contribution is 5.80. The minimum Gasteiger partial charge on any atom is -0.369 e. The van der Waals surface area contributed by atoms with Crippen molar-refractivity contribution in [3.05, 3.63) is 43.0 Å². The number of carbonyl (C=O) groups is 1. The quantitative estimate of drug-likeness (QED) is 0.522. The summed E-state index contributed by atoms with van der Waals surface area (Å²) in [5.74, 6) is -0.0297. The lowest BCUT2D eigenvalue weighted by atomic mass is 10.2. The largest absolute Gasteiger partial charge is 0.369 e. The number of ether oxygens (including phenoxy) is 1. The Bertz CT molecular complexity index is 513. The fraction of sp³-hybridized carbons (Fsp3) is 0.550. The molecule has 5 heteroatoms. The highest BCUT2D eigenvalue weighted by Crippen LogP contribution is 2.15. The molecule has 0 radical (unpaired) electrons. The highest BCUT2D eigenvalue weighted by atomic mass is 16.5. The van der Waals surface area contributed by atoms with Crippen LogP contribution in [-0.2, 0) is 9.53 Å². The van der Waals surface area contributed by atoms with Gasteiger partial charge in [-0.3, -0.25) is 9.69 Å². The summed E-state index contributed by atoms with van der Waals surface area (Å²) in [7, 11) is 0. The third-order valence-corrected chi connectivity index (χ3v) is 4.50. The van der Waals surface area contributed by atoms with Crippen molar-refractivity contribution in [1.82, 2.24) is 10.2 Å². The second-order valence-corrected chi connectivity index (χ2v) is 6.40. The van der Waals surface area contributed by atoms with E-state index < -0.39 is 6.10 Å². The summed E-state index contributed by atoms with van der Waals surface area (Å²) in [6.45, 7) is 12.0. The standard InChI is InChI=1S/C20H31N3O2/c1-3-4-17-25-18(2)20(24)21-11-8-12-22-13-15-23(16-14-22)19-9-6-5-7-10-19/h3,5-7,9-10,18H,1,4,8,11-17H2,2H3,(H,21,24). The Hall–Kier alpha value is -1.85. The van der Waals surface area contributed by atoms with Crippen LogP contribution in [0, 0.1) is 0 Å². The first-order valence-corrected chi connectivity index (χ1v) is 9.23. The molecule has 5 nitrogen and oxygen atoms in total. The van der Waals surface area contributed by atoms with Crippen LogP contribution < -0.4 is 10.2 Å². The predicted molar refractivity (Wildman–Crippen MR) is 103 cm³/mol. The Balaban J connectivity index is 1.56. The molecular weight excluding hydrogens is 314 g/mol. The number of nitrogens with zero attached hydrogens (tertiary/aromatic N) is 2. The van der Waals surface area contributed by atoms with E-state index in [1.54, 1.807) is 13.0 Å². The van der Waals surface area contributed by atoms with Crippen LogP contribution >= 0.6 is 0 Å². The number of para-hydroxylation sites is 1. The van der Waals surface area contributed by atoms with Gasteiger partial charge in [0, 0.05) is 38.4 Å². The van der Waals surface area contributed by atoms with Gasteiger partial charge in [-0.1, -0.05) is 24.3 Å². The van der Waals surface area contributed by atoms with Crippen LogP contribution in [0.4, 0.5) is 5.69 Å². The molecule has 0 aromatic heterocycles. The number of nitrogens with one attached hydrogen (secondary N) is 1. The second-order valence-electron chi connectivity index (χ2n) is 6.40. The maximum Gasteiger partial charge on any atom is 0.248 e. The molecule has 1 saturated heterocycles. The Morgan fingerprint density at radius 1 is 1.28 bits per heavy atom. The molecule has 1 N–H and O–H groups in total. The average molecular weight is 345 g/mol. The topological polar surface area (TPSA) is 44.8 Å². The zero-order chi connectivity index (χ0) is 17.9. The molecule has 0 saturated carbocycles. The Labute approximate surface area is 151 Å². The van der Waals surface area contributed by atoms with Crippen LogP contribution in [0.25, 0.3) is 0 Å². The minimum absolute atomic E-state index is 0.0297. The van der Waals surface area contributed by atoms with E-state index in [1.165, 1.54) is 5.69 Å². The fourth-order valence-electron chi connectivity index (χ4n) is 2.93. The van der Waals surface area contributed by atoms with Crippen molar-refractivity contribution in [3.63, 3.8) is 0 Å². The zero-order valence-corrected chi connectivity index (χ0v) is 15.3. The van der Waals surface area contributed by atoms with Crippen LogP contribution in [0.3, 0.4) is 0 Å². The lowest BCUT2D eigenvalue weighted by molar-refractivity contribution is -0.131. The van der Waals surface area contributed by atoms with Gasteiger partial charge >= 0.3 is 0 Å². The van der Waals surface area contributed by atoms with Crippen LogP contribution in [0.15, 0.2) is 43.0 Å². The molecule has 1 unspecified atom stereocenters. The Morgan fingerprint density at radius 3 is 2.68 bits per heavy atom. The SMILES string of the molecule is C=CCCOC(C)C(=O)NCCCN1CCN(c2ccccc2)CC1. The monoisotopic (exact) mass is 345 g/mol. The lowest BCUT2D eigenvalue weighted by Crippen LogP contribution is -2.47. The number of hydrogen-bond acceptors (Lipinski definition) is 4. The van der Waals surface area contributed by atoms with Crippen LogP contribution in [0.2, 0.25) is 0 Å². The van der Waals surface area contributed by atoms with Crippen molar-refractivity contribution in [2.75, 3.05) is 50.8 Å². The molecule has 1 aliphatic heterocycles. The molecule has 0 bridgehead atoms. The minimum atomic E-state index is -0.394. The van der Waals surface area contributed by atoms with E-state index in [1.807, 2.05) is 0 Å². The summed E-state index contributed by atoms with van der Waals surface area (Å²) in [6, 6.07) is 10.6. The first kappa shape index (κ1) is 19.5. The van der Waals surface area contributed by atoms with Gasteiger partial charge in [0.05, 0.1) is 6.61 Å². The van der Waals surface area contributed by atoms with Crippen LogP contribution in [0.5, 0.6) is 0 Å². The average Bonchev–Trinajstić information content (AvgIpc) is 2.66. The number of carbonyl (C=O) groups excluding carboxylic acids is 1. The number of amides is 1. The van der Waals surface area contributed by atoms with Gasteiger partial charge < -0.3 is 15.0 Å². The molecule has 2 rings (SSSR count). The van der Waals surface area contributed by atoms with Crippen molar-refractivity contribution in [1.29, 1.82) is 0 Å². The Kier molecular flexibility index (Phi) is 8.49. The van der Waals surface area contributed by atoms with Gasteiger partial charge in [0.1, 0.15) is 6.10 Å². The van der Waals surface area contributed by atoms with E-state index in [-0.39, 0.29) is 5.91 Å². The van der Waals surface area contributed by atoms with Crippen molar-refractivity contribution < 1.29 is 9.53 Å². The molecule has 138 valence electrons. The van der Waals surface area contributed by atoms with Crippen molar-refractivity contribution in [3.8, 4) is 0 Å². The first-order valence-electron chi connectivity index (χ1n) is 9.23. The van der Waals surface area contributed by atoms with Crippen molar-refractivity contribution in [2.24, 2.45) is 0 Å². The van der Waals surface area contributed by atoms with Gasteiger partial charge in [0.15, 0.2) is 0 Å². The van der Waals surface area contributed by atoms with Gasteiger partial charge in [-0.2, -0.15) is 0 Å². The zero-order valence-electron chi connectivity index (χ0n) is 15.3. The van der Waals surface area contributed by atoms with E-state index in [2.05, 4.69) is 52.0 Å². The molecule has 1 atom stereocenters. The van der Waals surface area contributed by atoms with E-state index in [4.69, 9.17) is 4.74 Å². The lowest BCUT2D eigenvalue weighted by Gasteiger charge is -2.36. The van der Waals surface area contributed by atoms with Gasteiger partial charge in [0.25, 0.3) is 0 Å². The van der Waals surface area contributed by atoms with Crippen molar-refractivity contribution in [2.45, 2.75) is 25.9 Å². The number of rotatable bonds is 10. The predicted octanol–water partition coefficient (Wildman–Crippen LogP) is 2.30. The molecule has 1 aromatic carbocycles. The highest BCUT2D eigenvalue weighted by Gasteiger charge is 2.17. The van der Waals surface area contributed by atoms with E-state index in [9.17, 15) is 4.79 Å². The molecule has 25 heavy (non-hydrogen) atoms. The van der Waals surface area contributed by atoms with E-state index in [0.717, 1.165) is 45.6 Å². The van der Waals surface area contributed by atoms with Crippen molar-refractivity contribution >= 4 is 11.6 Å². The summed E-state index contributed by atoms with van der Waals surface area (Å²) in [6.07, 6.45) is 3.14. The summed E-state index contributed by atoms with van der Waals surface area (Å²) in [5.41, 5.74) is 1.31. The summed E-state index contributed by atoms with van der Waals surface area (Å²) >= 11 is 0. The molecule has 1 aliphatic rings. The first-order chi connectivity index (χ1) is 12.2. The maximum atomic E-state index is 11.9. The maximum absolute atomic E-state index is 11.9. The van der Waals surface area contributed by atoms with E-state index >= 15 is 0 Å². The summed E-state index contributed by atoms with van der Waals surface area (Å²) in [5, 5.41) is 2.96. The number of hydrogen-bond donors (Lipinski definition) is 1. The molecule has 1 heterocycles. The van der Waals surface area contributed by atoms with E-state index in [0.29, 0.717) is 13.2 Å². The number of benzene rings is 1. The van der Waals surface area contributed by atoms with Crippen LogP contribution in [0.1, 0.15) is 19.8 Å². The molecule has 1 fully saturated rings. The third kappa shape index (κ3) is 6.88. The smallest absolute Gasteiger partial charge is 0.248 e. The number of anilines is 1. The molecule has 0 spiro atoms. The van der Waals surface area contributed by atoms with Gasteiger partial charge in [0.2, 0.25) is 5.91 Å². The summed E-state index contributed by atoms with van der Waals surface area (Å²) in [4.78, 5) is 16.8. The normalized spacial score (nSPS) is 16.4. The summed E-state index contributed by atoms with van der Waals surface area (Å²) < 4.78 is 5.45. The van der Waals surface area contributed by atoms with Gasteiger partial charge in [-0.25, -0.2) is 0 Å². The molecule has 1 amide bonds. The second kappa shape index (κ2) is 10.9. The molecular formula is C20H31N3O2. The fourth-order valence-corrected chi connectivity index (χ4v) is 2.93. The van der Waals surface area contributed by atoms with Gasteiger partial charge in [-0.05, 0) is 38.4 Å². The van der Waals surface area contributed by atoms with Crippen LogP contribution in [-0.4, -0.2) is 62.8 Å². The molecule has 1 aromatic rings. The van der Waals surface area contributed by atoms with Gasteiger partial charge in [-0.15, -0.1) is 6.58 Å². The number of piperazine rings is 1.